The minimum Gasteiger partial charge on any atom is -0.456 e. The van der Waals surface area contributed by atoms with Crippen molar-refractivity contribution in [2.24, 2.45) is 0 Å². The second-order valence-electron chi connectivity index (χ2n) is 15.6. The molecule has 0 aliphatic rings. The lowest BCUT2D eigenvalue weighted by Gasteiger charge is -2.26. The molecule has 0 saturated carbocycles. The lowest BCUT2D eigenvalue weighted by atomic mass is 9.97. The molecule has 10 aromatic carbocycles. The Morgan fingerprint density at radius 1 is 0.333 bits per heavy atom. The summed E-state index contributed by atoms with van der Waals surface area (Å²) in [5.41, 5.74) is 11.4. The van der Waals surface area contributed by atoms with Crippen LogP contribution in [0.25, 0.3) is 108 Å². The number of hydrogen-bond acceptors (Lipinski definition) is 4. The maximum Gasteiger partial charge on any atom is 0.137 e. The first-order valence-electron chi connectivity index (χ1n) is 20.3. The summed E-state index contributed by atoms with van der Waals surface area (Å²) in [6, 6.07) is 71.9. The van der Waals surface area contributed by atoms with Gasteiger partial charge in [0.25, 0.3) is 0 Å². The van der Waals surface area contributed by atoms with E-state index in [1.807, 2.05) is 11.3 Å². The van der Waals surface area contributed by atoms with E-state index in [0.29, 0.717) is 0 Å². The number of furan rings is 2. The summed E-state index contributed by atoms with van der Waals surface area (Å²) < 4.78 is 15.7. The SMILES string of the molecule is c1ccc2c(-c3ccc(N(c4ccc(-c5cccc6oc7ccc8c9ccccc9sc8c7c56)cc4)c4ccc5c(c4)oc4ccc6ccccc6c45)cc3)cccc2c1. The van der Waals surface area contributed by atoms with E-state index in [1.165, 1.54) is 58.2 Å². The van der Waals surface area contributed by atoms with Crippen molar-refractivity contribution in [2.75, 3.05) is 4.90 Å². The van der Waals surface area contributed by atoms with E-state index in [9.17, 15) is 0 Å². The summed E-state index contributed by atoms with van der Waals surface area (Å²) in [7, 11) is 0. The highest BCUT2D eigenvalue weighted by Gasteiger charge is 2.20. The molecule has 0 radical (unpaired) electrons. The van der Waals surface area contributed by atoms with Gasteiger partial charge in [-0.15, -0.1) is 11.3 Å². The fraction of sp³-hybridized carbons (Fsp3) is 0. The molecule has 0 amide bonds. The van der Waals surface area contributed by atoms with Crippen molar-refractivity contribution < 1.29 is 8.83 Å². The molecule has 60 heavy (non-hydrogen) atoms. The first kappa shape index (κ1) is 33.3. The van der Waals surface area contributed by atoms with Crippen LogP contribution in [0.3, 0.4) is 0 Å². The van der Waals surface area contributed by atoms with Crippen molar-refractivity contribution in [3.63, 3.8) is 0 Å². The molecule has 280 valence electrons. The number of thiophene rings is 1. The molecular weight excluding hydrogens is 751 g/mol. The van der Waals surface area contributed by atoms with Crippen LogP contribution in [0.1, 0.15) is 0 Å². The van der Waals surface area contributed by atoms with Crippen LogP contribution in [-0.2, 0) is 0 Å². The molecule has 0 aliphatic heterocycles. The fourth-order valence-corrected chi connectivity index (χ4v) is 10.8. The molecule has 13 rings (SSSR count). The summed E-state index contributed by atoms with van der Waals surface area (Å²) in [6.07, 6.45) is 0. The molecule has 3 nitrogen and oxygen atoms in total. The Bertz CT molecular complexity index is 3830. The molecule has 0 atom stereocenters. The Labute approximate surface area is 348 Å². The third kappa shape index (κ3) is 5.01. The number of benzene rings is 10. The van der Waals surface area contributed by atoms with Crippen LogP contribution < -0.4 is 4.90 Å². The first-order valence-corrected chi connectivity index (χ1v) is 21.1. The van der Waals surface area contributed by atoms with Gasteiger partial charge in [-0.25, -0.2) is 0 Å². The van der Waals surface area contributed by atoms with Gasteiger partial charge in [0.2, 0.25) is 0 Å². The average Bonchev–Trinajstić information content (AvgIpc) is 4.01. The van der Waals surface area contributed by atoms with Crippen LogP contribution >= 0.6 is 11.3 Å². The van der Waals surface area contributed by atoms with E-state index in [1.54, 1.807) is 0 Å². The van der Waals surface area contributed by atoms with Crippen molar-refractivity contribution in [3.8, 4) is 22.3 Å². The molecule has 0 bridgehead atoms. The molecule has 3 aromatic heterocycles. The number of hydrogen-bond donors (Lipinski definition) is 0. The molecular formula is C56H33NO2S. The van der Waals surface area contributed by atoms with Crippen LogP contribution in [-0.4, -0.2) is 0 Å². The Morgan fingerprint density at radius 2 is 0.900 bits per heavy atom. The molecule has 0 saturated heterocycles. The highest BCUT2D eigenvalue weighted by Crippen LogP contribution is 2.46. The highest BCUT2D eigenvalue weighted by molar-refractivity contribution is 7.26. The molecule has 3 heterocycles. The largest absolute Gasteiger partial charge is 0.456 e. The second kappa shape index (κ2) is 12.9. The molecule has 0 fully saturated rings. The molecule has 0 N–H and O–H groups in total. The van der Waals surface area contributed by atoms with Gasteiger partial charge in [0.05, 0.1) is 0 Å². The van der Waals surface area contributed by atoms with Gasteiger partial charge in [-0.1, -0.05) is 127 Å². The molecule has 0 unspecified atom stereocenters. The van der Waals surface area contributed by atoms with E-state index in [2.05, 4.69) is 205 Å². The van der Waals surface area contributed by atoms with Crippen LogP contribution in [0.2, 0.25) is 0 Å². The Kier molecular flexibility index (Phi) is 7.18. The zero-order chi connectivity index (χ0) is 39.3. The van der Waals surface area contributed by atoms with E-state index in [0.717, 1.165) is 66.7 Å². The van der Waals surface area contributed by atoms with Gasteiger partial charge >= 0.3 is 0 Å². The van der Waals surface area contributed by atoms with Gasteiger partial charge in [0.15, 0.2) is 0 Å². The van der Waals surface area contributed by atoms with Crippen molar-refractivity contribution in [3.05, 3.63) is 200 Å². The molecule has 0 spiro atoms. The van der Waals surface area contributed by atoms with Gasteiger partial charge in [0.1, 0.15) is 22.3 Å². The summed E-state index contributed by atoms with van der Waals surface area (Å²) in [6.45, 7) is 0. The van der Waals surface area contributed by atoms with Gasteiger partial charge in [-0.05, 0) is 111 Å². The van der Waals surface area contributed by atoms with E-state index in [-0.39, 0.29) is 0 Å². The summed E-state index contributed by atoms with van der Waals surface area (Å²) in [5.74, 6) is 0. The minimum absolute atomic E-state index is 0.860. The van der Waals surface area contributed by atoms with Gasteiger partial charge in [-0.3, -0.25) is 0 Å². The Balaban J connectivity index is 0.965. The predicted molar refractivity (Wildman–Crippen MR) is 254 cm³/mol. The van der Waals surface area contributed by atoms with Crippen molar-refractivity contribution >= 4 is 114 Å². The monoisotopic (exact) mass is 783 g/mol. The van der Waals surface area contributed by atoms with Gasteiger partial charge in [0, 0.05) is 64.8 Å². The van der Waals surface area contributed by atoms with Crippen molar-refractivity contribution in [1.29, 1.82) is 0 Å². The van der Waals surface area contributed by atoms with Crippen LogP contribution in [0.15, 0.2) is 209 Å². The van der Waals surface area contributed by atoms with E-state index < -0.39 is 0 Å². The van der Waals surface area contributed by atoms with Gasteiger partial charge in [-0.2, -0.15) is 0 Å². The standard InChI is InChI=1S/C56H33NO2S/c1-3-12-41-34(9-1)11-7-15-42(41)36-19-24-38(25-20-36)57(40-28-29-47-51(33-40)59-49-31-23-35-10-2-4-13-43(35)53(47)49)39-26-21-37(22-27-39)44-16-8-17-48-54(44)55-50(58-48)32-30-46-45-14-5-6-18-52(45)60-56(46)55/h1-33H. The summed E-state index contributed by atoms with van der Waals surface area (Å²) >= 11 is 1.84. The summed E-state index contributed by atoms with van der Waals surface area (Å²) in [5, 5.41) is 12.0. The first-order chi connectivity index (χ1) is 29.7. The lowest BCUT2D eigenvalue weighted by Crippen LogP contribution is -2.09. The maximum absolute atomic E-state index is 6.60. The minimum atomic E-state index is 0.860. The van der Waals surface area contributed by atoms with Crippen LogP contribution in [0.5, 0.6) is 0 Å². The third-order valence-corrected chi connectivity index (χ3v) is 13.5. The predicted octanol–water partition coefficient (Wildman–Crippen LogP) is 17.0. The zero-order valence-corrected chi connectivity index (χ0v) is 33.0. The Hall–Kier alpha value is -7.66. The normalized spacial score (nSPS) is 12.0. The second-order valence-corrected chi connectivity index (χ2v) is 16.6. The number of rotatable bonds is 5. The van der Waals surface area contributed by atoms with Crippen LogP contribution in [0.4, 0.5) is 17.1 Å². The summed E-state index contributed by atoms with van der Waals surface area (Å²) in [4.78, 5) is 2.33. The van der Waals surface area contributed by atoms with Gasteiger partial charge < -0.3 is 13.7 Å². The average molecular weight is 784 g/mol. The van der Waals surface area contributed by atoms with E-state index >= 15 is 0 Å². The third-order valence-electron chi connectivity index (χ3n) is 12.3. The quantitative estimate of drug-likeness (QED) is 0.174. The van der Waals surface area contributed by atoms with Crippen molar-refractivity contribution in [2.45, 2.75) is 0 Å². The lowest BCUT2D eigenvalue weighted by molar-refractivity contribution is 0.669. The molecule has 13 aromatic rings. The maximum atomic E-state index is 6.60. The molecule has 0 aliphatic carbocycles. The van der Waals surface area contributed by atoms with Crippen molar-refractivity contribution in [1.82, 2.24) is 0 Å². The number of anilines is 3. The van der Waals surface area contributed by atoms with Crippen LogP contribution in [0, 0.1) is 0 Å². The van der Waals surface area contributed by atoms with E-state index in [4.69, 9.17) is 8.83 Å². The number of nitrogens with zero attached hydrogens (tertiary/aromatic N) is 1. The fourth-order valence-electron chi connectivity index (χ4n) is 9.50. The topological polar surface area (TPSA) is 29.5 Å². The highest BCUT2D eigenvalue weighted by atomic mass is 32.1. The Morgan fingerprint density at radius 3 is 1.72 bits per heavy atom. The zero-order valence-electron chi connectivity index (χ0n) is 32.2. The molecule has 4 heteroatoms. The number of fused-ring (bicyclic) bond motifs is 13. The smallest absolute Gasteiger partial charge is 0.137 e.